The fourth-order valence-corrected chi connectivity index (χ4v) is 6.11. The van der Waals surface area contributed by atoms with Gasteiger partial charge in [-0.25, -0.2) is 4.79 Å². The Hall–Kier alpha value is -3.25. The summed E-state index contributed by atoms with van der Waals surface area (Å²) in [7, 11) is 1.73. The molecule has 0 spiro atoms. The van der Waals surface area contributed by atoms with Crippen molar-refractivity contribution in [1.29, 1.82) is 0 Å². The van der Waals surface area contributed by atoms with Crippen LogP contribution in [0.3, 0.4) is 0 Å². The molecule has 1 aromatic heterocycles. The highest BCUT2D eigenvalue weighted by Gasteiger charge is 2.30. The van der Waals surface area contributed by atoms with Crippen LogP contribution in [0.15, 0.2) is 55.2 Å². The van der Waals surface area contributed by atoms with Gasteiger partial charge in [-0.2, -0.15) is 0 Å². The van der Waals surface area contributed by atoms with E-state index in [1.54, 1.807) is 13.2 Å². The molecular formula is C30H37N3O3. The van der Waals surface area contributed by atoms with E-state index in [1.807, 2.05) is 12.3 Å². The lowest BCUT2D eigenvalue weighted by atomic mass is 9.81. The zero-order valence-corrected chi connectivity index (χ0v) is 21.3. The summed E-state index contributed by atoms with van der Waals surface area (Å²) in [5.74, 6) is -0.360. The molecule has 1 fully saturated rings. The molecule has 1 aliphatic carbocycles. The average Bonchev–Trinajstić information content (AvgIpc) is 3.14. The van der Waals surface area contributed by atoms with E-state index in [1.165, 1.54) is 60.0 Å². The predicted octanol–water partition coefficient (Wildman–Crippen LogP) is 5.97. The Morgan fingerprint density at radius 2 is 1.94 bits per heavy atom. The van der Waals surface area contributed by atoms with Gasteiger partial charge in [0.05, 0.1) is 17.9 Å². The number of fused-ring (bicyclic) bond motifs is 5. The zero-order chi connectivity index (χ0) is 25.1. The summed E-state index contributed by atoms with van der Waals surface area (Å²) in [5, 5.41) is 11.0. The van der Waals surface area contributed by atoms with Crippen molar-refractivity contribution in [2.75, 3.05) is 44.8 Å². The Morgan fingerprint density at radius 3 is 2.69 bits per heavy atom. The van der Waals surface area contributed by atoms with Crippen molar-refractivity contribution in [2.24, 2.45) is 0 Å². The monoisotopic (exact) mass is 487 g/mol. The third kappa shape index (κ3) is 4.62. The lowest BCUT2D eigenvalue weighted by Gasteiger charge is -2.29. The number of hydrogen-bond donors (Lipinski definition) is 1. The smallest absolute Gasteiger partial charge is 0.335 e. The van der Waals surface area contributed by atoms with Crippen molar-refractivity contribution in [3.8, 4) is 11.3 Å². The molecule has 0 amide bonds. The summed E-state index contributed by atoms with van der Waals surface area (Å²) in [6.07, 6.45) is 8.13. The highest BCUT2D eigenvalue weighted by molar-refractivity contribution is 5.99. The summed E-state index contributed by atoms with van der Waals surface area (Å²) < 4.78 is 7.67. The number of methoxy groups -OCH3 is 1. The van der Waals surface area contributed by atoms with E-state index in [2.05, 4.69) is 51.3 Å². The number of hydrogen-bond acceptors (Lipinski definition) is 4. The zero-order valence-electron chi connectivity index (χ0n) is 21.3. The Balaban J connectivity index is 1.60. The molecule has 0 unspecified atom stereocenters. The highest BCUT2D eigenvalue weighted by Crippen LogP contribution is 2.47. The molecule has 36 heavy (non-hydrogen) atoms. The third-order valence-electron chi connectivity index (χ3n) is 7.96. The SMILES string of the molecule is C=CN(CCOC)CCN1CCn2c(c(C3CCCCC3)c3ccc(C(=O)O)cc32)-c2ccccc21. The van der Waals surface area contributed by atoms with Crippen LogP contribution in [0.2, 0.25) is 0 Å². The molecule has 2 aromatic carbocycles. The molecule has 190 valence electrons. The Morgan fingerprint density at radius 1 is 1.14 bits per heavy atom. The minimum absolute atomic E-state index is 0.354. The first-order chi connectivity index (χ1) is 17.6. The van der Waals surface area contributed by atoms with E-state index in [9.17, 15) is 9.90 Å². The fraction of sp³-hybridized carbons (Fsp3) is 0.433. The Kier molecular flexibility index (Phi) is 7.33. The van der Waals surface area contributed by atoms with Gasteiger partial charge in [-0.1, -0.05) is 50.1 Å². The van der Waals surface area contributed by atoms with Gasteiger partial charge in [-0.15, -0.1) is 0 Å². The van der Waals surface area contributed by atoms with Gasteiger partial charge in [0.2, 0.25) is 0 Å². The summed E-state index contributed by atoms with van der Waals surface area (Å²) in [4.78, 5) is 16.5. The standard InChI is InChI=1S/C30H37N3O3/c1-3-31(19-20-36-2)15-16-32-17-18-33-27-21-23(30(34)35)13-14-24(27)28(22-9-5-4-6-10-22)29(33)25-11-7-8-12-26(25)32/h3,7-8,11-14,21-22H,1,4-6,9-10,15-20H2,2H3,(H,34,35). The first kappa shape index (κ1) is 24.4. The molecule has 1 saturated carbocycles. The van der Waals surface area contributed by atoms with E-state index >= 15 is 0 Å². The van der Waals surface area contributed by atoms with Crippen molar-refractivity contribution in [3.63, 3.8) is 0 Å². The van der Waals surface area contributed by atoms with E-state index < -0.39 is 5.97 Å². The van der Waals surface area contributed by atoms with E-state index in [0.29, 0.717) is 18.1 Å². The average molecular weight is 488 g/mol. The van der Waals surface area contributed by atoms with Gasteiger partial charge in [-0.05, 0) is 48.7 Å². The quantitative estimate of drug-likeness (QED) is 0.403. The molecule has 0 radical (unpaired) electrons. The molecule has 2 aliphatic rings. The highest BCUT2D eigenvalue weighted by atomic mass is 16.5. The number of carboxylic acid groups (broad SMARTS) is 1. The number of aromatic carboxylic acids is 1. The van der Waals surface area contributed by atoms with Gasteiger partial charge >= 0.3 is 5.97 Å². The number of ether oxygens (including phenoxy) is 1. The predicted molar refractivity (Wildman–Crippen MR) is 146 cm³/mol. The van der Waals surface area contributed by atoms with E-state index in [0.717, 1.165) is 38.2 Å². The van der Waals surface area contributed by atoms with Crippen molar-refractivity contribution in [1.82, 2.24) is 9.47 Å². The van der Waals surface area contributed by atoms with Crippen LogP contribution in [0, 0.1) is 0 Å². The lowest BCUT2D eigenvalue weighted by Crippen LogP contribution is -2.35. The first-order valence-corrected chi connectivity index (χ1v) is 13.2. The maximum absolute atomic E-state index is 11.9. The van der Waals surface area contributed by atoms with Crippen LogP contribution in [0.25, 0.3) is 22.2 Å². The van der Waals surface area contributed by atoms with Crippen molar-refractivity contribution >= 4 is 22.6 Å². The van der Waals surface area contributed by atoms with Crippen LogP contribution >= 0.6 is 0 Å². The molecule has 6 nitrogen and oxygen atoms in total. The fourth-order valence-electron chi connectivity index (χ4n) is 6.11. The molecule has 5 rings (SSSR count). The summed E-state index contributed by atoms with van der Waals surface area (Å²) >= 11 is 0. The van der Waals surface area contributed by atoms with Gasteiger partial charge in [0, 0.05) is 62.0 Å². The molecule has 1 N–H and O–H groups in total. The second-order valence-corrected chi connectivity index (χ2v) is 10.0. The maximum Gasteiger partial charge on any atom is 0.335 e. The number of rotatable bonds is 9. The van der Waals surface area contributed by atoms with Gasteiger partial charge in [0.15, 0.2) is 0 Å². The number of benzene rings is 2. The van der Waals surface area contributed by atoms with Crippen LogP contribution in [-0.4, -0.2) is 60.4 Å². The van der Waals surface area contributed by atoms with Gasteiger partial charge in [0.1, 0.15) is 0 Å². The van der Waals surface area contributed by atoms with Crippen LogP contribution in [0.1, 0.15) is 53.9 Å². The second-order valence-electron chi connectivity index (χ2n) is 10.0. The lowest BCUT2D eigenvalue weighted by molar-refractivity contribution is 0.0697. The first-order valence-electron chi connectivity index (χ1n) is 13.2. The van der Waals surface area contributed by atoms with Crippen LogP contribution in [0.4, 0.5) is 5.69 Å². The number of nitrogens with zero attached hydrogens (tertiary/aromatic N) is 3. The molecule has 6 heteroatoms. The Labute approximate surface area is 213 Å². The van der Waals surface area contributed by atoms with Crippen LogP contribution in [-0.2, 0) is 11.3 Å². The Bertz CT molecular complexity index is 1240. The minimum atomic E-state index is -0.872. The number of aromatic nitrogens is 1. The molecule has 3 aromatic rings. The molecule has 0 bridgehead atoms. The molecule has 2 heterocycles. The van der Waals surface area contributed by atoms with Crippen LogP contribution in [0.5, 0.6) is 0 Å². The maximum atomic E-state index is 11.9. The summed E-state index contributed by atoms with van der Waals surface area (Å²) in [6.45, 7) is 8.93. The second kappa shape index (κ2) is 10.8. The topological polar surface area (TPSA) is 57.9 Å². The largest absolute Gasteiger partial charge is 0.478 e. The van der Waals surface area contributed by atoms with Gasteiger partial charge in [-0.3, -0.25) is 0 Å². The number of para-hydroxylation sites is 1. The van der Waals surface area contributed by atoms with Gasteiger partial charge < -0.3 is 24.2 Å². The number of carbonyl (C=O) groups is 1. The minimum Gasteiger partial charge on any atom is -0.478 e. The van der Waals surface area contributed by atoms with Crippen molar-refractivity contribution in [3.05, 3.63) is 66.4 Å². The van der Waals surface area contributed by atoms with E-state index in [4.69, 9.17) is 4.74 Å². The normalized spacial score (nSPS) is 15.9. The summed E-state index contributed by atoms with van der Waals surface area (Å²) in [6, 6.07) is 14.5. The molecule has 0 saturated heterocycles. The number of carboxylic acids is 1. The van der Waals surface area contributed by atoms with Crippen LogP contribution < -0.4 is 4.90 Å². The molecule has 0 atom stereocenters. The van der Waals surface area contributed by atoms with E-state index in [-0.39, 0.29) is 0 Å². The van der Waals surface area contributed by atoms with Gasteiger partial charge in [0.25, 0.3) is 0 Å². The molecular weight excluding hydrogens is 450 g/mol. The van der Waals surface area contributed by atoms with Crippen molar-refractivity contribution < 1.29 is 14.6 Å². The number of anilines is 1. The van der Waals surface area contributed by atoms with Crippen molar-refractivity contribution in [2.45, 2.75) is 44.6 Å². The molecule has 1 aliphatic heterocycles. The summed E-state index contributed by atoms with van der Waals surface area (Å²) in [5.41, 5.74) is 6.62. The third-order valence-corrected chi connectivity index (χ3v) is 7.96.